The normalized spacial score (nSPS) is 14.3. The van der Waals surface area contributed by atoms with Gasteiger partial charge in [0.05, 0.1) is 31.3 Å². The molecule has 1 aliphatic rings. The van der Waals surface area contributed by atoms with Crippen LogP contribution in [0, 0.1) is 5.92 Å². The molecular formula is C23H30N4O6S. The number of nitrogens with zero attached hydrogens (tertiary/aromatic N) is 1. The van der Waals surface area contributed by atoms with Crippen molar-refractivity contribution in [2.45, 2.75) is 19.8 Å². The van der Waals surface area contributed by atoms with Crippen molar-refractivity contribution in [3.05, 3.63) is 42.5 Å². The number of sulfonamides is 1. The molecule has 0 bridgehead atoms. The lowest BCUT2D eigenvalue weighted by molar-refractivity contribution is -0.121. The molecule has 0 unspecified atom stereocenters. The second kappa shape index (κ2) is 11.1. The van der Waals surface area contributed by atoms with Gasteiger partial charge in [-0.05, 0) is 44.0 Å². The number of carbonyl (C=O) groups excluding carboxylic acids is 2. The zero-order chi connectivity index (χ0) is 24.7. The van der Waals surface area contributed by atoms with Gasteiger partial charge in [0.2, 0.25) is 15.9 Å². The molecule has 3 rings (SSSR count). The minimum atomic E-state index is -3.46. The van der Waals surface area contributed by atoms with E-state index >= 15 is 0 Å². The van der Waals surface area contributed by atoms with Gasteiger partial charge in [-0.2, -0.15) is 0 Å². The van der Waals surface area contributed by atoms with E-state index in [1.807, 2.05) is 12.1 Å². The zero-order valence-corrected chi connectivity index (χ0v) is 20.3. The highest BCUT2D eigenvalue weighted by atomic mass is 32.2. The molecule has 3 amide bonds. The molecule has 0 atom stereocenters. The van der Waals surface area contributed by atoms with Crippen LogP contribution in [0.4, 0.5) is 21.9 Å². The molecule has 3 N–H and O–H groups in total. The number of nitrogens with one attached hydrogen (secondary N) is 3. The van der Waals surface area contributed by atoms with Gasteiger partial charge in [0, 0.05) is 30.8 Å². The lowest BCUT2D eigenvalue weighted by atomic mass is 9.96. The summed E-state index contributed by atoms with van der Waals surface area (Å²) in [5.74, 6) is 0.513. The lowest BCUT2D eigenvalue weighted by Crippen LogP contribution is -2.43. The van der Waals surface area contributed by atoms with E-state index in [0.29, 0.717) is 54.5 Å². The van der Waals surface area contributed by atoms with Gasteiger partial charge in [-0.3, -0.25) is 9.52 Å². The Morgan fingerprint density at radius 1 is 0.971 bits per heavy atom. The van der Waals surface area contributed by atoms with E-state index in [2.05, 4.69) is 15.4 Å². The Hall–Kier alpha value is -3.47. The fourth-order valence-electron chi connectivity index (χ4n) is 3.62. The third-order valence-electron chi connectivity index (χ3n) is 5.62. The van der Waals surface area contributed by atoms with Crippen LogP contribution in [-0.4, -0.2) is 58.3 Å². The van der Waals surface area contributed by atoms with Crippen molar-refractivity contribution in [2.75, 3.05) is 48.4 Å². The fraction of sp³-hybridized carbons (Fsp3) is 0.391. The molecule has 1 heterocycles. The van der Waals surface area contributed by atoms with Crippen LogP contribution in [0.25, 0.3) is 0 Å². The highest BCUT2D eigenvalue weighted by Crippen LogP contribution is 2.30. The Balaban J connectivity index is 1.56. The Morgan fingerprint density at radius 3 is 2.29 bits per heavy atom. The van der Waals surface area contributed by atoms with Gasteiger partial charge >= 0.3 is 6.03 Å². The second-order valence-electron chi connectivity index (χ2n) is 7.80. The van der Waals surface area contributed by atoms with Crippen molar-refractivity contribution < 1.29 is 27.5 Å². The molecule has 184 valence electrons. The maximum Gasteiger partial charge on any atom is 0.321 e. The number of carbonyl (C=O) groups is 2. The summed E-state index contributed by atoms with van der Waals surface area (Å²) in [5.41, 5.74) is 1.38. The average Bonchev–Trinajstić information content (AvgIpc) is 2.85. The van der Waals surface area contributed by atoms with Crippen molar-refractivity contribution in [1.29, 1.82) is 0 Å². The molecule has 0 aliphatic carbocycles. The minimum Gasteiger partial charge on any atom is -0.495 e. The fourth-order valence-corrected chi connectivity index (χ4v) is 4.27. The first kappa shape index (κ1) is 25.2. The minimum absolute atomic E-state index is 0.0679. The number of hydrogen-bond acceptors (Lipinski definition) is 6. The third kappa shape index (κ3) is 6.31. The van der Waals surface area contributed by atoms with Crippen LogP contribution in [0.15, 0.2) is 42.5 Å². The van der Waals surface area contributed by atoms with Gasteiger partial charge < -0.3 is 25.0 Å². The number of methoxy groups -OCH3 is 2. The number of benzene rings is 2. The first-order chi connectivity index (χ1) is 16.3. The summed E-state index contributed by atoms with van der Waals surface area (Å²) in [4.78, 5) is 27.0. The van der Waals surface area contributed by atoms with E-state index in [1.165, 1.54) is 20.1 Å². The largest absolute Gasteiger partial charge is 0.495 e. The number of hydrogen-bond donors (Lipinski definition) is 3. The summed E-state index contributed by atoms with van der Waals surface area (Å²) in [6, 6.07) is 11.6. The standard InChI is InChI=1S/C23H30N4O6S/c1-4-34(30,31)26-19-10-9-17(15-21(19)33-3)24-23(29)27-13-11-16(12-14-27)22(28)25-18-7-5-6-8-20(18)32-2/h5-10,15-16,26H,4,11-14H2,1-3H3,(H,24,29)(H,25,28). The van der Waals surface area contributed by atoms with Crippen molar-refractivity contribution in [1.82, 2.24) is 4.90 Å². The van der Waals surface area contributed by atoms with Crippen LogP contribution in [0.5, 0.6) is 11.5 Å². The quantitative estimate of drug-likeness (QED) is 0.521. The van der Waals surface area contributed by atoms with Crippen LogP contribution < -0.4 is 24.8 Å². The molecule has 11 heteroatoms. The van der Waals surface area contributed by atoms with Crippen LogP contribution in [0.1, 0.15) is 19.8 Å². The Bertz CT molecular complexity index is 1130. The number of rotatable bonds is 8. The second-order valence-corrected chi connectivity index (χ2v) is 9.81. The lowest BCUT2D eigenvalue weighted by Gasteiger charge is -2.31. The summed E-state index contributed by atoms with van der Waals surface area (Å²) < 4.78 is 36.7. The van der Waals surface area contributed by atoms with E-state index in [0.717, 1.165) is 0 Å². The maximum absolute atomic E-state index is 12.7. The molecule has 0 aromatic heterocycles. The SMILES string of the molecule is CCS(=O)(=O)Nc1ccc(NC(=O)N2CCC(C(=O)Nc3ccccc3OC)CC2)cc1OC. The monoisotopic (exact) mass is 490 g/mol. The summed E-state index contributed by atoms with van der Waals surface area (Å²) in [6.45, 7) is 2.40. The first-order valence-corrected chi connectivity index (χ1v) is 12.6. The Labute approximate surface area is 199 Å². The topological polar surface area (TPSA) is 126 Å². The van der Waals surface area contributed by atoms with E-state index in [4.69, 9.17) is 9.47 Å². The molecule has 34 heavy (non-hydrogen) atoms. The number of anilines is 3. The van der Waals surface area contributed by atoms with E-state index in [1.54, 1.807) is 36.3 Å². The van der Waals surface area contributed by atoms with Crippen molar-refractivity contribution in [2.24, 2.45) is 5.92 Å². The molecule has 2 aromatic carbocycles. The first-order valence-electron chi connectivity index (χ1n) is 10.9. The molecule has 10 nitrogen and oxygen atoms in total. The van der Waals surface area contributed by atoms with Crippen LogP contribution in [0.3, 0.4) is 0 Å². The summed E-state index contributed by atoms with van der Waals surface area (Å²) in [7, 11) is -0.487. The molecule has 1 fully saturated rings. The zero-order valence-electron chi connectivity index (χ0n) is 19.5. The molecule has 1 saturated heterocycles. The van der Waals surface area contributed by atoms with Gasteiger partial charge in [0.25, 0.3) is 0 Å². The van der Waals surface area contributed by atoms with Crippen molar-refractivity contribution in [3.63, 3.8) is 0 Å². The number of urea groups is 1. The smallest absolute Gasteiger partial charge is 0.321 e. The van der Waals surface area contributed by atoms with Crippen molar-refractivity contribution >= 4 is 39.0 Å². The van der Waals surface area contributed by atoms with E-state index < -0.39 is 10.0 Å². The number of amides is 3. The predicted octanol–water partition coefficient (Wildman–Crippen LogP) is 3.35. The summed E-state index contributed by atoms with van der Waals surface area (Å²) >= 11 is 0. The van der Waals surface area contributed by atoms with E-state index in [-0.39, 0.29) is 23.6 Å². The summed E-state index contributed by atoms with van der Waals surface area (Å²) in [6.07, 6.45) is 1.07. The van der Waals surface area contributed by atoms with E-state index in [9.17, 15) is 18.0 Å². The molecule has 0 spiro atoms. The molecule has 0 radical (unpaired) electrons. The van der Waals surface area contributed by atoms with Gasteiger partial charge in [0.1, 0.15) is 11.5 Å². The van der Waals surface area contributed by atoms with Gasteiger partial charge in [-0.25, -0.2) is 13.2 Å². The molecule has 2 aromatic rings. The van der Waals surface area contributed by atoms with Crippen molar-refractivity contribution in [3.8, 4) is 11.5 Å². The Kier molecular flexibility index (Phi) is 8.21. The number of ether oxygens (including phenoxy) is 2. The van der Waals surface area contributed by atoms with Crippen LogP contribution in [-0.2, 0) is 14.8 Å². The number of likely N-dealkylation sites (tertiary alicyclic amines) is 1. The number of para-hydroxylation sites is 2. The van der Waals surface area contributed by atoms with Gasteiger partial charge in [-0.15, -0.1) is 0 Å². The third-order valence-corrected chi connectivity index (χ3v) is 6.91. The maximum atomic E-state index is 12.7. The highest BCUT2D eigenvalue weighted by molar-refractivity contribution is 7.92. The number of piperidine rings is 1. The van der Waals surface area contributed by atoms with Gasteiger partial charge in [0.15, 0.2) is 0 Å². The average molecular weight is 491 g/mol. The summed E-state index contributed by atoms with van der Waals surface area (Å²) in [5, 5.41) is 5.71. The highest BCUT2D eigenvalue weighted by Gasteiger charge is 2.28. The van der Waals surface area contributed by atoms with Crippen LogP contribution >= 0.6 is 0 Å². The predicted molar refractivity (Wildman–Crippen MR) is 131 cm³/mol. The molecular weight excluding hydrogens is 460 g/mol. The molecule has 1 aliphatic heterocycles. The molecule has 0 saturated carbocycles. The Morgan fingerprint density at radius 2 is 1.65 bits per heavy atom. The van der Waals surface area contributed by atoms with Gasteiger partial charge in [-0.1, -0.05) is 12.1 Å². The van der Waals surface area contributed by atoms with Crippen LogP contribution in [0.2, 0.25) is 0 Å².